The van der Waals surface area contributed by atoms with Crippen molar-refractivity contribution in [3.8, 4) is 0 Å². The maximum absolute atomic E-state index is 5.54. The van der Waals surface area contributed by atoms with Gasteiger partial charge < -0.3 is 4.84 Å². The number of halogens is 1. The molecule has 0 unspecified atom stereocenters. The largest absolute Gasteiger partial charge is 0.391 e. The maximum atomic E-state index is 5.54. The molecule has 5 heteroatoms. The van der Waals surface area contributed by atoms with Crippen LogP contribution in [-0.4, -0.2) is 11.7 Å². The van der Waals surface area contributed by atoms with Crippen LogP contribution >= 0.6 is 22.9 Å². The summed E-state index contributed by atoms with van der Waals surface area (Å²) >= 11 is 6.91. The van der Waals surface area contributed by atoms with E-state index in [9.17, 15) is 0 Å². The molecule has 0 saturated heterocycles. The second-order valence-corrected chi connectivity index (χ2v) is 3.18. The summed E-state index contributed by atoms with van der Waals surface area (Å²) in [6, 6.07) is 0. The van der Waals surface area contributed by atoms with Crippen molar-refractivity contribution in [1.82, 2.24) is 4.98 Å². The lowest BCUT2D eigenvalue weighted by molar-refractivity contribution is 0.135. The number of thiazole rings is 1. The molecule has 0 atom stereocenters. The van der Waals surface area contributed by atoms with Crippen LogP contribution in [-0.2, 0) is 11.4 Å². The highest BCUT2D eigenvalue weighted by molar-refractivity contribution is 7.15. The van der Waals surface area contributed by atoms with Crippen molar-refractivity contribution in [1.29, 1.82) is 0 Å². The number of oxime groups is 1. The first-order valence-electron chi connectivity index (χ1n) is 2.51. The first kappa shape index (κ1) is 7.50. The van der Waals surface area contributed by atoms with E-state index in [1.54, 1.807) is 6.20 Å². The molecule has 3 nitrogen and oxygen atoms in total. The Morgan fingerprint density at radius 3 is 3.20 bits per heavy atom. The van der Waals surface area contributed by atoms with Gasteiger partial charge in [0.05, 0.1) is 4.88 Å². The number of rotatable bonds is 3. The van der Waals surface area contributed by atoms with E-state index in [0.717, 1.165) is 4.88 Å². The zero-order valence-electron chi connectivity index (χ0n) is 5.08. The van der Waals surface area contributed by atoms with E-state index in [1.807, 2.05) is 0 Å². The second kappa shape index (κ2) is 3.53. The Hall–Kier alpha value is -0.610. The average Bonchev–Trinajstić information content (AvgIpc) is 2.31. The van der Waals surface area contributed by atoms with Gasteiger partial charge in [-0.05, 0) is 0 Å². The van der Waals surface area contributed by atoms with Crippen LogP contribution in [0.3, 0.4) is 0 Å². The number of nitrogens with zero attached hydrogens (tertiary/aromatic N) is 2. The molecular weight excluding hydrogens is 172 g/mol. The van der Waals surface area contributed by atoms with Crippen molar-refractivity contribution in [3.63, 3.8) is 0 Å². The van der Waals surface area contributed by atoms with Crippen LogP contribution in [0.4, 0.5) is 0 Å². The maximum Gasteiger partial charge on any atom is 0.183 e. The third-order valence-corrected chi connectivity index (χ3v) is 1.91. The molecule has 0 amide bonds. The molecule has 0 aliphatic carbocycles. The summed E-state index contributed by atoms with van der Waals surface area (Å²) in [4.78, 5) is 9.41. The average molecular weight is 177 g/mol. The lowest BCUT2D eigenvalue weighted by Crippen LogP contribution is -1.79. The lowest BCUT2D eigenvalue weighted by atomic mass is 10.6. The van der Waals surface area contributed by atoms with Crippen molar-refractivity contribution >= 4 is 29.7 Å². The molecule has 1 heterocycles. The third-order valence-electron chi connectivity index (χ3n) is 0.823. The van der Waals surface area contributed by atoms with E-state index in [1.165, 1.54) is 11.3 Å². The molecule has 10 heavy (non-hydrogen) atoms. The predicted molar refractivity (Wildman–Crippen MR) is 41.5 cm³/mol. The Bertz CT molecular complexity index is 225. The van der Waals surface area contributed by atoms with Gasteiger partial charge in [-0.2, -0.15) is 0 Å². The van der Waals surface area contributed by atoms with E-state index in [4.69, 9.17) is 11.6 Å². The van der Waals surface area contributed by atoms with E-state index in [2.05, 4.69) is 21.7 Å². The van der Waals surface area contributed by atoms with Crippen LogP contribution in [0.5, 0.6) is 0 Å². The molecule has 1 rings (SSSR count). The summed E-state index contributed by atoms with van der Waals surface area (Å²) in [5, 5.41) is 3.23. The second-order valence-electron chi connectivity index (χ2n) is 1.48. The van der Waals surface area contributed by atoms with Crippen molar-refractivity contribution in [2.75, 3.05) is 0 Å². The minimum atomic E-state index is 0.397. The zero-order chi connectivity index (χ0) is 7.40. The topological polar surface area (TPSA) is 34.5 Å². The third kappa shape index (κ3) is 1.97. The van der Waals surface area contributed by atoms with Gasteiger partial charge in [-0.1, -0.05) is 11.6 Å². The van der Waals surface area contributed by atoms with Crippen molar-refractivity contribution in [3.05, 3.63) is 15.5 Å². The van der Waals surface area contributed by atoms with E-state index in [-0.39, 0.29) is 0 Å². The Morgan fingerprint density at radius 2 is 2.70 bits per heavy atom. The summed E-state index contributed by atoms with van der Waals surface area (Å²) in [7, 11) is 0. The first-order chi connectivity index (χ1) is 4.83. The van der Waals surface area contributed by atoms with Gasteiger partial charge in [0.15, 0.2) is 11.1 Å². The van der Waals surface area contributed by atoms with Crippen molar-refractivity contribution in [2.45, 2.75) is 6.61 Å². The summed E-state index contributed by atoms with van der Waals surface area (Å²) in [5.74, 6) is 0. The van der Waals surface area contributed by atoms with Crippen LogP contribution < -0.4 is 0 Å². The van der Waals surface area contributed by atoms with Gasteiger partial charge in [-0.3, -0.25) is 0 Å². The summed E-state index contributed by atoms with van der Waals surface area (Å²) in [5.41, 5.74) is 0. The van der Waals surface area contributed by atoms with Gasteiger partial charge in [0.1, 0.15) is 0 Å². The number of hydrogen-bond acceptors (Lipinski definition) is 4. The zero-order valence-corrected chi connectivity index (χ0v) is 6.65. The van der Waals surface area contributed by atoms with Crippen molar-refractivity contribution < 1.29 is 4.84 Å². The molecular formula is C5H5ClN2OS. The van der Waals surface area contributed by atoms with Crippen LogP contribution in [0, 0.1) is 0 Å². The molecule has 0 saturated carbocycles. The number of aromatic nitrogens is 1. The molecule has 0 N–H and O–H groups in total. The van der Waals surface area contributed by atoms with E-state index in [0.29, 0.717) is 11.1 Å². The Morgan fingerprint density at radius 1 is 1.90 bits per heavy atom. The minimum absolute atomic E-state index is 0.397. The normalized spacial score (nSPS) is 9.30. The van der Waals surface area contributed by atoms with Gasteiger partial charge in [-0.25, -0.2) is 4.98 Å². The van der Waals surface area contributed by atoms with Crippen LogP contribution in [0.1, 0.15) is 4.88 Å². The quantitative estimate of drug-likeness (QED) is 0.521. The Balaban J connectivity index is 2.49. The summed E-state index contributed by atoms with van der Waals surface area (Å²) in [6.07, 6.45) is 1.65. The van der Waals surface area contributed by atoms with Crippen LogP contribution in [0.2, 0.25) is 4.47 Å². The molecule has 54 valence electrons. The molecule has 0 aliphatic rings. The highest BCUT2D eigenvalue weighted by atomic mass is 35.5. The van der Waals surface area contributed by atoms with E-state index >= 15 is 0 Å². The summed E-state index contributed by atoms with van der Waals surface area (Å²) < 4.78 is 0.516. The highest BCUT2D eigenvalue weighted by Gasteiger charge is 1.97. The molecule has 1 aromatic heterocycles. The molecule has 0 spiro atoms. The lowest BCUT2D eigenvalue weighted by Gasteiger charge is -1.90. The highest BCUT2D eigenvalue weighted by Crippen LogP contribution is 2.17. The fraction of sp³-hybridized carbons (Fsp3) is 0.200. The fourth-order valence-electron chi connectivity index (χ4n) is 0.460. The molecule has 1 aromatic rings. The monoisotopic (exact) mass is 176 g/mol. The van der Waals surface area contributed by atoms with Gasteiger partial charge >= 0.3 is 0 Å². The molecule has 0 bridgehead atoms. The standard InChI is InChI=1S/C5H5ClN2OS/c1-7-9-3-4-2-8-5(6)10-4/h2H,1,3H2. The van der Waals surface area contributed by atoms with Gasteiger partial charge in [0.2, 0.25) is 0 Å². The van der Waals surface area contributed by atoms with Gasteiger partial charge in [-0.15, -0.1) is 16.5 Å². The van der Waals surface area contributed by atoms with Gasteiger partial charge in [0, 0.05) is 12.9 Å². The van der Waals surface area contributed by atoms with Crippen LogP contribution in [0.15, 0.2) is 11.4 Å². The minimum Gasteiger partial charge on any atom is -0.391 e. The number of hydrogen-bond donors (Lipinski definition) is 0. The molecule has 0 aromatic carbocycles. The smallest absolute Gasteiger partial charge is 0.183 e. The molecule has 0 fully saturated rings. The van der Waals surface area contributed by atoms with Gasteiger partial charge in [0.25, 0.3) is 0 Å². The Labute approximate surface area is 67.3 Å². The SMILES string of the molecule is C=NOCc1cnc(Cl)s1. The van der Waals surface area contributed by atoms with Crippen LogP contribution in [0.25, 0.3) is 0 Å². The summed E-state index contributed by atoms with van der Waals surface area (Å²) in [6.45, 7) is 3.56. The first-order valence-corrected chi connectivity index (χ1v) is 3.70. The van der Waals surface area contributed by atoms with Crippen molar-refractivity contribution in [2.24, 2.45) is 5.16 Å². The predicted octanol–water partition coefficient (Wildman–Crippen LogP) is 1.93. The molecule has 0 aliphatic heterocycles. The molecule has 0 radical (unpaired) electrons. The fourth-order valence-corrected chi connectivity index (χ4v) is 1.34. The van der Waals surface area contributed by atoms with E-state index < -0.39 is 0 Å². The Kier molecular flexibility index (Phi) is 2.65.